The highest BCUT2D eigenvalue weighted by molar-refractivity contribution is 7.46. The Bertz CT molecular complexity index is 711. The Balaban J connectivity index is 3.92. The lowest BCUT2D eigenvalue weighted by Gasteiger charge is -2.18. The van der Waals surface area contributed by atoms with Gasteiger partial charge in [0, 0.05) is 12.8 Å². The lowest BCUT2D eigenvalue weighted by Crippen LogP contribution is -2.29. The van der Waals surface area contributed by atoms with Gasteiger partial charge in [0.2, 0.25) is 0 Å². The molecule has 0 saturated heterocycles. The van der Waals surface area contributed by atoms with E-state index < -0.39 is 32.5 Å². The van der Waals surface area contributed by atoms with Crippen LogP contribution in [0.1, 0.15) is 200 Å². The molecule has 0 amide bonds. The zero-order valence-corrected chi connectivity index (χ0v) is 30.2. The van der Waals surface area contributed by atoms with Gasteiger partial charge in [0.05, 0.1) is 6.61 Å². The van der Waals surface area contributed by atoms with Gasteiger partial charge in [-0.05, 0) is 12.8 Å². The van der Waals surface area contributed by atoms with E-state index in [2.05, 4.69) is 18.4 Å². The van der Waals surface area contributed by atoms with E-state index in [1.165, 1.54) is 135 Å². The molecule has 8 nitrogen and oxygen atoms in total. The molecule has 1 atom stereocenters. The Morgan fingerprint density at radius 2 is 0.800 bits per heavy atom. The minimum Gasteiger partial charge on any atom is -0.462 e. The Morgan fingerprint density at radius 1 is 0.489 bits per heavy atom. The zero-order valence-electron chi connectivity index (χ0n) is 29.3. The normalized spacial score (nSPS) is 12.4. The van der Waals surface area contributed by atoms with Crippen molar-refractivity contribution >= 4 is 19.8 Å². The van der Waals surface area contributed by atoms with Crippen LogP contribution < -0.4 is 0 Å². The number of carbonyl (C=O) groups is 2. The maximum Gasteiger partial charge on any atom is 0.469 e. The minimum atomic E-state index is -4.74. The summed E-state index contributed by atoms with van der Waals surface area (Å²) in [6.45, 7) is 3.69. The molecule has 0 aliphatic rings. The van der Waals surface area contributed by atoms with Gasteiger partial charge in [0.25, 0.3) is 0 Å². The molecule has 0 aromatic rings. The monoisotopic (exact) mass is 662 g/mol. The second kappa shape index (κ2) is 33.0. The molecule has 0 aromatic carbocycles. The summed E-state index contributed by atoms with van der Waals surface area (Å²) >= 11 is 0. The van der Waals surface area contributed by atoms with Crippen molar-refractivity contribution in [1.29, 1.82) is 0 Å². The highest BCUT2D eigenvalue weighted by atomic mass is 31.2. The van der Waals surface area contributed by atoms with Crippen LogP contribution in [0.2, 0.25) is 0 Å². The fourth-order valence-electron chi connectivity index (χ4n) is 5.55. The fraction of sp³-hybridized carbons (Fsp3) is 0.944. The van der Waals surface area contributed by atoms with Crippen LogP contribution >= 0.6 is 7.82 Å². The first-order chi connectivity index (χ1) is 21.8. The third kappa shape index (κ3) is 35.7. The predicted molar refractivity (Wildman–Crippen MR) is 184 cm³/mol. The number of rotatable bonds is 35. The molecule has 0 heterocycles. The molecule has 0 bridgehead atoms. The summed E-state index contributed by atoms with van der Waals surface area (Å²) in [4.78, 5) is 42.6. The highest BCUT2D eigenvalue weighted by Gasteiger charge is 2.22. The molecule has 45 heavy (non-hydrogen) atoms. The summed E-state index contributed by atoms with van der Waals surface area (Å²) in [5.41, 5.74) is 0. The SMILES string of the molecule is CCCCCCCCCCCCCCCCC(=O)O[C@H](COC(=O)CCCCCCCCCCCCCCC)COP(=O)(O)O. The Morgan fingerprint density at radius 3 is 1.13 bits per heavy atom. The summed E-state index contributed by atoms with van der Waals surface area (Å²) in [5.74, 6) is -0.872. The Labute approximate surface area is 276 Å². The number of hydrogen-bond acceptors (Lipinski definition) is 6. The molecule has 0 radical (unpaired) electrons. The maximum atomic E-state index is 12.3. The second-order valence-electron chi connectivity index (χ2n) is 12.9. The summed E-state index contributed by atoms with van der Waals surface area (Å²) in [7, 11) is -4.74. The first-order valence-corrected chi connectivity index (χ1v) is 20.4. The van der Waals surface area contributed by atoms with Gasteiger partial charge >= 0.3 is 19.8 Å². The topological polar surface area (TPSA) is 119 Å². The van der Waals surface area contributed by atoms with Gasteiger partial charge in [-0.1, -0.05) is 174 Å². The highest BCUT2D eigenvalue weighted by Crippen LogP contribution is 2.36. The van der Waals surface area contributed by atoms with Crippen LogP contribution in [0.25, 0.3) is 0 Å². The lowest BCUT2D eigenvalue weighted by molar-refractivity contribution is -0.161. The number of ether oxygens (including phenoxy) is 2. The number of esters is 2. The van der Waals surface area contributed by atoms with Crippen LogP contribution in [0.3, 0.4) is 0 Å². The van der Waals surface area contributed by atoms with E-state index >= 15 is 0 Å². The zero-order chi connectivity index (χ0) is 33.3. The molecule has 0 unspecified atom stereocenters. The lowest BCUT2D eigenvalue weighted by atomic mass is 10.0. The van der Waals surface area contributed by atoms with Gasteiger partial charge in [0.1, 0.15) is 6.61 Å². The number of phosphoric acid groups is 1. The molecular formula is C36H71O8P. The standard InChI is InChI=1S/C36H71O8P/c1-3-5-7-9-11-13-15-17-19-21-23-25-27-29-31-36(38)44-34(33-43-45(39,40)41)32-42-35(37)30-28-26-24-22-20-18-16-14-12-10-8-6-4-2/h34H,3-33H2,1-2H3,(H2,39,40,41)/t34-/m1/s1. The average molecular weight is 663 g/mol. The fourth-order valence-corrected chi connectivity index (χ4v) is 5.91. The first-order valence-electron chi connectivity index (χ1n) is 18.8. The molecule has 0 aliphatic heterocycles. The average Bonchev–Trinajstić information content (AvgIpc) is 3.00. The van der Waals surface area contributed by atoms with E-state index in [1.807, 2.05) is 0 Å². The van der Waals surface area contributed by atoms with E-state index in [9.17, 15) is 14.2 Å². The van der Waals surface area contributed by atoms with Gasteiger partial charge in [-0.3, -0.25) is 14.1 Å². The molecule has 2 N–H and O–H groups in total. The molecule has 0 aromatic heterocycles. The third-order valence-electron chi connectivity index (χ3n) is 8.38. The van der Waals surface area contributed by atoms with Gasteiger partial charge in [-0.25, -0.2) is 4.57 Å². The Kier molecular flexibility index (Phi) is 32.3. The molecule has 0 saturated carbocycles. The van der Waals surface area contributed by atoms with Crippen LogP contribution in [0.15, 0.2) is 0 Å². The smallest absolute Gasteiger partial charge is 0.462 e. The van der Waals surface area contributed by atoms with E-state index in [0.717, 1.165) is 32.1 Å². The Hall–Kier alpha value is -0.950. The number of hydrogen-bond donors (Lipinski definition) is 2. The van der Waals surface area contributed by atoms with Crippen molar-refractivity contribution < 1.29 is 37.9 Å². The van der Waals surface area contributed by atoms with Crippen LogP contribution in [-0.2, 0) is 28.2 Å². The summed E-state index contributed by atoms with van der Waals surface area (Å²) in [5, 5.41) is 0. The molecule has 268 valence electrons. The van der Waals surface area contributed by atoms with Gasteiger partial charge in [-0.2, -0.15) is 0 Å². The van der Waals surface area contributed by atoms with Gasteiger partial charge < -0.3 is 19.3 Å². The largest absolute Gasteiger partial charge is 0.469 e. The summed E-state index contributed by atoms with van der Waals surface area (Å²) < 4.78 is 26.3. The van der Waals surface area contributed by atoms with Crippen molar-refractivity contribution in [2.24, 2.45) is 0 Å². The van der Waals surface area contributed by atoms with Crippen molar-refractivity contribution in [3.63, 3.8) is 0 Å². The van der Waals surface area contributed by atoms with Crippen LogP contribution in [0.5, 0.6) is 0 Å². The van der Waals surface area contributed by atoms with E-state index in [-0.39, 0.29) is 19.4 Å². The molecule has 0 spiro atoms. The molecule has 0 fully saturated rings. The molecular weight excluding hydrogens is 591 g/mol. The van der Waals surface area contributed by atoms with E-state index in [0.29, 0.717) is 6.42 Å². The number of carbonyl (C=O) groups excluding carboxylic acids is 2. The van der Waals surface area contributed by atoms with Crippen molar-refractivity contribution in [2.75, 3.05) is 13.2 Å². The number of phosphoric ester groups is 1. The summed E-state index contributed by atoms with van der Waals surface area (Å²) in [6, 6.07) is 0. The van der Waals surface area contributed by atoms with Crippen molar-refractivity contribution in [3.8, 4) is 0 Å². The third-order valence-corrected chi connectivity index (χ3v) is 8.86. The van der Waals surface area contributed by atoms with Crippen LogP contribution in [0, 0.1) is 0 Å². The van der Waals surface area contributed by atoms with Crippen molar-refractivity contribution in [2.45, 2.75) is 206 Å². The molecule has 0 rings (SSSR count). The maximum absolute atomic E-state index is 12.3. The summed E-state index contributed by atoms with van der Waals surface area (Å²) in [6.07, 6.45) is 32.5. The van der Waals surface area contributed by atoms with Crippen LogP contribution in [-0.4, -0.2) is 41.0 Å². The predicted octanol–water partition coefficient (Wildman–Crippen LogP) is 10.9. The molecule has 0 aliphatic carbocycles. The van der Waals surface area contributed by atoms with Crippen LogP contribution in [0.4, 0.5) is 0 Å². The van der Waals surface area contributed by atoms with Gasteiger partial charge in [0.15, 0.2) is 6.10 Å². The van der Waals surface area contributed by atoms with E-state index in [4.69, 9.17) is 19.3 Å². The minimum absolute atomic E-state index is 0.220. The number of unbranched alkanes of at least 4 members (excludes halogenated alkanes) is 25. The van der Waals surface area contributed by atoms with E-state index in [1.54, 1.807) is 0 Å². The molecule has 9 heteroatoms. The van der Waals surface area contributed by atoms with Gasteiger partial charge in [-0.15, -0.1) is 0 Å². The first kappa shape index (κ1) is 44.0. The second-order valence-corrected chi connectivity index (χ2v) is 14.2. The quantitative estimate of drug-likeness (QED) is 0.0391. The van der Waals surface area contributed by atoms with Crippen molar-refractivity contribution in [3.05, 3.63) is 0 Å². The van der Waals surface area contributed by atoms with Crippen molar-refractivity contribution in [1.82, 2.24) is 0 Å².